The topological polar surface area (TPSA) is 113 Å². The highest BCUT2D eigenvalue weighted by atomic mass is 16.5. The summed E-state index contributed by atoms with van der Waals surface area (Å²) in [6, 6.07) is 11.0. The van der Waals surface area contributed by atoms with Crippen molar-refractivity contribution in [3.05, 3.63) is 59.9 Å². The van der Waals surface area contributed by atoms with Gasteiger partial charge in [-0.2, -0.15) is 0 Å². The molecular formula is C25H28N2O6. The lowest BCUT2D eigenvalue weighted by Crippen LogP contribution is -2.40. The monoisotopic (exact) mass is 452 g/mol. The van der Waals surface area contributed by atoms with Gasteiger partial charge < -0.3 is 29.7 Å². The number of hydrogen-bond donors (Lipinski definition) is 2. The summed E-state index contributed by atoms with van der Waals surface area (Å²) in [5, 5.41) is 2.79. The van der Waals surface area contributed by atoms with E-state index in [0.717, 1.165) is 0 Å². The van der Waals surface area contributed by atoms with E-state index in [9.17, 15) is 9.59 Å². The van der Waals surface area contributed by atoms with Crippen molar-refractivity contribution in [2.24, 2.45) is 11.7 Å². The van der Waals surface area contributed by atoms with Gasteiger partial charge in [0.15, 0.2) is 17.3 Å². The van der Waals surface area contributed by atoms with Crippen LogP contribution >= 0.6 is 0 Å². The second-order valence-corrected chi connectivity index (χ2v) is 7.74. The van der Waals surface area contributed by atoms with E-state index in [1.54, 1.807) is 48.7 Å². The molecule has 0 saturated heterocycles. The molecule has 3 N–H and O–H groups in total. The molecule has 1 atom stereocenters. The summed E-state index contributed by atoms with van der Waals surface area (Å²) in [4.78, 5) is 26.3. The number of rotatable bonds is 9. The first-order valence-corrected chi connectivity index (χ1v) is 10.4. The molecule has 1 amide bonds. The SMILES string of the molecule is COc1cc(C(=O)c2cc(-c3ccco3)ccc2NC(=O)[C@H](N)C(C)C)cc(OC)c1OC. The van der Waals surface area contributed by atoms with Crippen LogP contribution in [0.1, 0.15) is 29.8 Å². The summed E-state index contributed by atoms with van der Waals surface area (Å²) >= 11 is 0. The molecular weight excluding hydrogens is 424 g/mol. The van der Waals surface area contributed by atoms with E-state index in [-0.39, 0.29) is 23.2 Å². The Balaban J connectivity index is 2.11. The summed E-state index contributed by atoms with van der Waals surface area (Å²) in [5.74, 6) is 0.847. The Morgan fingerprint density at radius 2 is 1.64 bits per heavy atom. The van der Waals surface area contributed by atoms with E-state index in [1.165, 1.54) is 21.3 Å². The van der Waals surface area contributed by atoms with Gasteiger partial charge in [0.1, 0.15) is 5.76 Å². The molecule has 0 bridgehead atoms. The lowest BCUT2D eigenvalue weighted by Gasteiger charge is -2.18. The number of ether oxygens (including phenoxy) is 3. The zero-order valence-corrected chi connectivity index (χ0v) is 19.3. The number of amides is 1. The maximum absolute atomic E-state index is 13.6. The van der Waals surface area contributed by atoms with E-state index >= 15 is 0 Å². The van der Waals surface area contributed by atoms with E-state index in [4.69, 9.17) is 24.4 Å². The molecule has 0 aliphatic carbocycles. The Bertz CT molecular complexity index is 1110. The van der Waals surface area contributed by atoms with Crippen LogP contribution in [0.5, 0.6) is 17.2 Å². The number of benzene rings is 2. The number of furan rings is 1. The molecule has 0 aliphatic heterocycles. The van der Waals surface area contributed by atoms with Crippen LogP contribution < -0.4 is 25.3 Å². The fourth-order valence-electron chi connectivity index (χ4n) is 3.32. The van der Waals surface area contributed by atoms with Crippen molar-refractivity contribution in [2.75, 3.05) is 26.6 Å². The first kappa shape index (κ1) is 23.9. The molecule has 0 radical (unpaired) electrons. The third kappa shape index (κ3) is 5.01. The number of hydrogen-bond acceptors (Lipinski definition) is 7. The Morgan fingerprint density at radius 1 is 0.970 bits per heavy atom. The Labute approximate surface area is 192 Å². The van der Waals surface area contributed by atoms with E-state index < -0.39 is 6.04 Å². The van der Waals surface area contributed by atoms with Gasteiger partial charge >= 0.3 is 0 Å². The smallest absolute Gasteiger partial charge is 0.241 e. The third-order valence-electron chi connectivity index (χ3n) is 5.28. The van der Waals surface area contributed by atoms with Crippen LogP contribution in [-0.4, -0.2) is 39.1 Å². The first-order chi connectivity index (χ1) is 15.8. The average Bonchev–Trinajstić information content (AvgIpc) is 3.37. The molecule has 1 heterocycles. The maximum atomic E-state index is 13.6. The Kier molecular flexibility index (Phi) is 7.40. The summed E-state index contributed by atoms with van der Waals surface area (Å²) in [6.07, 6.45) is 1.55. The first-order valence-electron chi connectivity index (χ1n) is 10.4. The zero-order chi connectivity index (χ0) is 24.1. The third-order valence-corrected chi connectivity index (χ3v) is 5.28. The summed E-state index contributed by atoms with van der Waals surface area (Å²) < 4.78 is 21.6. The fraction of sp³-hybridized carbons (Fsp3) is 0.280. The van der Waals surface area contributed by atoms with E-state index in [0.29, 0.717) is 39.8 Å². The van der Waals surface area contributed by atoms with E-state index in [1.807, 2.05) is 13.8 Å². The molecule has 0 unspecified atom stereocenters. The number of carbonyl (C=O) groups is 2. The quantitative estimate of drug-likeness (QED) is 0.470. The molecule has 0 saturated carbocycles. The minimum absolute atomic E-state index is 0.0679. The van der Waals surface area contributed by atoms with Crippen molar-refractivity contribution in [3.8, 4) is 28.6 Å². The predicted molar refractivity (Wildman–Crippen MR) is 125 cm³/mol. The fourth-order valence-corrected chi connectivity index (χ4v) is 3.32. The lowest BCUT2D eigenvalue weighted by molar-refractivity contribution is -0.118. The summed E-state index contributed by atoms with van der Waals surface area (Å²) in [5.41, 5.74) is 7.58. The standard InChI is InChI=1S/C25H28N2O6/c1-14(2)22(26)25(29)27-18-9-8-15(19-7-6-10-33-19)11-17(18)23(28)16-12-20(30-3)24(32-5)21(13-16)31-4/h6-14,22H,26H2,1-5H3,(H,27,29)/t22-/m1/s1. The maximum Gasteiger partial charge on any atom is 0.241 e. The largest absolute Gasteiger partial charge is 0.493 e. The second kappa shape index (κ2) is 10.2. The van der Waals surface area contributed by atoms with Crippen LogP contribution in [0, 0.1) is 5.92 Å². The van der Waals surface area contributed by atoms with Gasteiger partial charge in [-0.3, -0.25) is 9.59 Å². The molecule has 3 aromatic rings. The van der Waals surface area contributed by atoms with Crippen LogP contribution in [0.2, 0.25) is 0 Å². The average molecular weight is 453 g/mol. The van der Waals surface area contributed by atoms with Crippen molar-refractivity contribution in [3.63, 3.8) is 0 Å². The normalized spacial score (nSPS) is 11.7. The molecule has 3 rings (SSSR count). The molecule has 0 fully saturated rings. The minimum atomic E-state index is -0.723. The van der Waals surface area contributed by atoms with E-state index in [2.05, 4.69) is 5.32 Å². The zero-order valence-electron chi connectivity index (χ0n) is 19.3. The van der Waals surface area contributed by atoms with Gasteiger partial charge in [-0.25, -0.2) is 0 Å². The highest BCUT2D eigenvalue weighted by molar-refractivity contribution is 6.15. The predicted octanol–water partition coefficient (Wildman–Crippen LogP) is 4.13. The number of carbonyl (C=O) groups excluding carboxylic acids is 2. The summed E-state index contributed by atoms with van der Waals surface area (Å²) in [6.45, 7) is 3.71. The molecule has 33 heavy (non-hydrogen) atoms. The van der Waals surface area contributed by atoms with Crippen LogP contribution in [0.25, 0.3) is 11.3 Å². The second-order valence-electron chi connectivity index (χ2n) is 7.74. The van der Waals surface area contributed by atoms with Gasteiger partial charge in [-0.1, -0.05) is 13.8 Å². The molecule has 0 aliphatic rings. The highest BCUT2D eigenvalue weighted by Gasteiger charge is 2.24. The van der Waals surface area contributed by atoms with Crippen molar-refractivity contribution in [2.45, 2.75) is 19.9 Å². The number of nitrogens with one attached hydrogen (secondary N) is 1. The molecule has 0 spiro atoms. The van der Waals surface area contributed by atoms with Gasteiger partial charge in [0.25, 0.3) is 0 Å². The number of anilines is 1. The van der Waals surface area contributed by atoms with Gasteiger partial charge in [0.05, 0.1) is 39.3 Å². The number of nitrogens with two attached hydrogens (primary N) is 1. The highest BCUT2D eigenvalue weighted by Crippen LogP contribution is 2.39. The Morgan fingerprint density at radius 3 is 2.15 bits per heavy atom. The van der Waals surface area contributed by atoms with Crippen molar-refractivity contribution in [1.29, 1.82) is 0 Å². The van der Waals surface area contributed by atoms with Gasteiger partial charge in [-0.05, 0) is 48.4 Å². The summed E-state index contributed by atoms with van der Waals surface area (Å²) in [7, 11) is 4.43. The van der Waals surface area contributed by atoms with Gasteiger partial charge in [0.2, 0.25) is 11.7 Å². The molecule has 8 heteroatoms. The van der Waals surface area contributed by atoms with Crippen molar-refractivity contribution >= 4 is 17.4 Å². The molecule has 1 aromatic heterocycles. The van der Waals surface area contributed by atoms with Gasteiger partial charge in [0, 0.05) is 16.7 Å². The van der Waals surface area contributed by atoms with Crippen LogP contribution in [0.15, 0.2) is 53.1 Å². The van der Waals surface area contributed by atoms with Crippen LogP contribution in [0.4, 0.5) is 5.69 Å². The lowest BCUT2D eigenvalue weighted by atomic mass is 9.97. The Hall–Kier alpha value is -3.78. The van der Waals surface area contributed by atoms with Crippen LogP contribution in [0.3, 0.4) is 0 Å². The minimum Gasteiger partial charge on any atom is -0.493 e. The molecule has 2 aromatic carbocycles. The van der Waals surface area contributed by atoms with Crippen LogP contribution in [-0.2, 0) is 4.79 Å². The number of methoxy groups -OCH3 is 3. The number of ketones is 1. The molecule has 8 nitrogen and oxygen atoms in total. The van der Waals surface area contributed by atoms with Crippen molar-refractivity contribution in [1.82, 2.24) is 0 Å². The van der Waals surface area contributed by atoms with Gasteiger partial charge in [-0.15, -0.1) is 0 Å². The van der Waals surface area contributed by atoms with Crippen molar-refractivity contribution < 1.29 is 28.2 Å². The molecule has 174 valence electrons.